The van der Waals surface area contributed by atoms with E-state index in [-0.39, 0.29) is 11.0 Å². The Morgan fingerprint density at radius 2 is 2.19 bits per heavy atom. The molecule has 1 aromatic heterocycles. The highest BCUT2D eigenvalue weighted by molar-refractivity contribution is 9.11. The topological polar surface area (TPSA) is 38.0 Å². The molecular weight excluding hydrogens is 284 g/mol. The van der Waals surface area contributed by atoms with Gasteiger partial charge >= 0.3 is 0 Å². The molecule has 1 heterocycles. The minimum absolute atomic E-state index is 0.103. The van der Waals surface area contributed by atoms with Crippen LogP contribution in [0.1, 0.15) is 31.6 Å². The molecule has 0 atom stereocenters. The summed E-state index contributed by atoms with van der Waals surface area (Å²) in [5.74, 6) is 0. The summed E-state index contributed by atoms with van der Waals surface area (Å²) in [6.45, 7) is 6.48. The molecule has 2 rings (SSSR count). The Balaban J connectivity index is 1.87. The second-order valence-electron chi connectivity index (χ2n) is 5.45. The molecule has 0 aromatic carbocycles. The normalized spacial score (nSPS) is 18.8. The first-order valence-electron chi connectivity index (χ1n) is 5.67. The fourth-order valence-corrected chi connectivity index (χ4v) is 3.21. The molecular formula is C12H19BrN2S. The number of nitrogens with one attached hydrogen (secondary N) is 1. The highest BCUT2D eigenvalue weighted by Crippen LogP contribution is 2.33. The van der Waals surface area contributed by atoms with E-state index in [9.17, 15) is 0 Å². The van der Waals surface area contributed by atoms with Gasteiger partial charge in [-0.15, -0.1) is 11.3 Å². The third-order valence-corrected chi connectivity index (χ3v) is 5.17. The summed E-state index contributed by atoms with van der Waals surface area (Å²) in [6.07, 6.45) is 2.34. The van der Waals surface area contributed by atoms with Gasteiger partial charge in [-0.25, -0.2) is 0 Å². The molecule has 0 bridgehead atoms. The number of rotatable bonds is 5. The van der Waals surface area contributed by atoms with Gasteiger partial charge < -0.3 is 11.1 Å². The largest absolute Gasteiger partial charge is 0.324 e. The molecule has 0 radical (unpaired) electrons. The zero-order valence-corrected chi connectivity index (χ0v) is 12.2. The molecule has 1 aliphatic carbocycles. The van der Waals surface area contributed by atoms with E-state index >= 15 is 0 Å². The molecule has 3 N–H and O–H groups in total. The van der Waals surface area contributed by atoms with Crippen LogP contribution in [0.25, 0.3) is 0 Å². The van der Waals surface area contributed by atoms with Crippen LogP contribution < -0.4 is 11.1 Å². The van der Waals surface area contributed by atoms with Crippen molar-refractivity contribution in [2.75, 3.05) is 13.1 Å². The van der Waals surface area contributed by atoms with Gasteiger partial charge in [0.15, 0.2) is 0 Å². The van der Waals surface area contributed by atoms with Gasteiger partial charge in [-0.05, 0) is 40.9 Å². The summed E-state index contributed by atoms with van der Waals surface area (Å²) in [5, 5.41) is 3.50. The van der Waals surface area contributed by atoms with Crippen molar-refractivity contribution in [3.05, 3.63) is 20.8 Å². The average Bonchev–Trinajstić information content (AvgIpc) is 2.75. The SMILES string of the molecule is CC(C)(CNCC1(N)CC1)c1ccc(Br)s1. The Morgan fingerprint density at radius 1 is 1.50 bits per heavy atom. The van der Waals surface area contributed by atoms with Gasteiger partial charge in [0.2, 0.25) is 0 Å². The summed E-state index contributed by atoms with van der Waals surface area (Å²) >= 11 is 5.33. The van der Waals surface area contributed by atoms with E-state index in [0.29, 0.717) is 0 Å². The van der Waals surface area contributed by atoms with Gasteiger partial charge in [0.25, 0.3) is 0 Å². The molecule has 0 spiro atoms. The van der Waals surface area contributed by atoms with Crippen LogP contribution >= 0.6 is 27.3 Å². The molecule has 0 amide bonds. The molecule has 16 heavy (non-hydrogen) atoms. The van der Waals surface area contributed by atoms with Gasteiger partial charge in [-0.2, -0.15) is 0 Å². The van der Waals surface area contributed by atoms with Crippen LogP contribution in [-0.2, 0) is 5.41 Å². The van der Waals surface area contributed by atoms with E-state index in [4.69, 9.17) is 5.73 Å². The molecule has 1 aliphatic rings. The fraction of sp³-hybridized carbons (Fsp3) is 0.667. The third kappa shape index (κ3) is 3.06. The van der Waals surface area contributed by atoms with E-state index in [2.05, 4.69) is 47.2 Å². The maximum atomic E-state index is 6.05. The number of hydrogen-bond acceptors (Lipinski definition) is 3. The Bertz CT molecular complexity index is 369. The molecule has 4 heteroatoms. The summed E-state index contributed by atoms with van der Waals surface area (Å²) in [4.78, 5) is 1.41. The minimum Gasteiger partial charge on any atom is -0.324 e. The molecule has 0 unspecified atom stereocenters. The predicted octanol–water partition coefficient (Wildman–Crippen LogP) is 2.87. The molecule has 0 aliphatic heterocycles. The van der Waals surface area contributed by atoms with Crippen molar-refractivity contribution in [3.8, 4) is 0 Å². The van der Waals surface area contributed by atoms with E-state index in [0.717, 1.165) is 13.1 Å². The smallest absolute Gasteiger partial charge is 0.0701 e. The van der Waals surface area contributed by atoms with Crippen LogP contribution in [0.15, 0.2) is 15.9 Å². The Labute approximate surface area is 110 Å². The lowest BCUT2D eigenvalue weighted by Gasteiger charge is -2.24. The molecule has 2 nitrogen and oxygen atoms in total. The number of hydrogen-bond donors (Lipinski definition) is 2. The summed E-state index contributed by atoms with van der Waals surface area (Å²) in [5.41, 5.74) is 6.34. The van der Waals surface area contributed by atoms with Crippen molar-refractivity contribution >= 4 is 27.3 Å². The van der Waals surface area contributed by atoms with Crippen LogP contribution in [0.3, 0.4) is 0 Å². The van der Waals surface area contributed by atoms with Crippen LogP contribution in [0, 0.1) is 0 Å². The van der Waals surface area contributed by atoms with Crippen LogP contribution in [0.5, 0.6) is 0 Å². The standard InChI is InChI=1S/C12H19BrN2S/c1-11(2,9-3-4-10(13)16-9)7-15-8-12(14)5-6-12/h3-4,15H,5-8,14H2,1-2H3. The number of thiophene rings is 1. The number of nitrogens with two attached hydrogens (primary N) is 1. The highest BCUT2D eigenvalue weighted by atomic mass is 79.9. The first-order valence-corrected chi connectivity index (χ1v) is 7.28. The van der Waals surface area contributed by atoms with Gasteiger partial charge in [-0.1, -0.05) is 13.8 Å². The van der Waals surface area contributed by atoms with Crippen molar-refractivity contribution in [1.82, 2.24) is 5.32 Å². The molecule has 90 valence electrons. The van der Waals surface area contributed by atoms with Crippen molar-refractivity contribution in [1.29, 1.82) is 0 Å². The molecule has 1 aromatic rings. The predicted molar refractivity (Wildman–Crippen MR) is 74.1 cm³/mol. The van der Waals surface area contributed by atoms with Gasteiger partial charge in [0.05, 0.1) is 3.79 Å². The van der Waals surface area contributed by atoms with E-state index in [1.165, 1.54) is 21.5 Å². The third-order valence-electron chi connectivity index (χ3n) is 3.18. The maximum Gasteiger partial charge on any atom is 0.0701 e. The Morgan fingerprint density at radius 3 is 2.69 bits per heavy atom. The number of halogens is 1. The summed E-state index contributed by atoms with van der Waals surface area (Å²) < 4.78 is 1.20. The fourth-order valence-electron chi connectivity index (χ4n) is 1.73. The quantitative estimate of drug-likeness (QED) is 0.878. The zero-order valence-electron chi connectivity index (χ0n) is 9.85. The Hall–Kier alpha value is 0.1000. The van der Waals surface area contributed by atoms with E-state index in [1.54, 1.807) is 0 Å². The van der Waals surface area contributed by atoms with Gasteiger partial charge in [0.1, 0.15) is 0 Å². The minimum atomic E-state index is 0.103. The van der Waals surface area contributed by atoms with Crippen LogP contribution in [-0.4, -0.2) is 18.6 Å². The van der Waals surface area contributed by atoms with Gasteiger partial charge in [0, 0.05) is 28.9 Å². The summed E-state index contributed by atoms with van der Waals surface area (Å²) in [6, 6.07) is 4.32. The van der Waals surface area contributed by atoms with Crippen molar-refractivity contribution in [2.45, 2.75) is 37.6 Å². The van der Waals surface area contributed by atoms with Gasteiger partial charge in [-0.3, -0.25) is 0 Å². The molecule has 1 saturated carbocycles. The summed E-state index contributed by atoms with van der Waals surface area (Å²) in [7, 11) is 0. The monoisotopic (exact) mass is 302 g/mol. The molecule has 1 fully saturated rings. The first-order chi connectivity index (χ1) is 7.41. The molecule has 0 saturated heterocycles. The van der Waals surface area contributed by atoms with E-state index in [1.807, 2.05) is 11.3 Å². The van der Waals surface area contributed by atoms with Crippen molar-refractivity contribution in [2.24, 2.45) is 5.73 Å². The van der Waals surface area contributed by atoms with Crippen molar-refractivity contribution in [3.63, 3.8) is 0 Å². The second kappa shape index (κ2) is 4.41. The van der Waals surface area contributed by atoms with E-state index < -0.39 is 0 Å². The first kappa shape index (κ1) is 12.6. The average molecular weight is 303 g/mol. The van der Waals surface area contributed by atoms with Crippen LogP contribution in [0.4, 0.5) is 0 Å². The lowest BCUT2D eigenvalue weighted by Crippen LogP contribution is -2.41. The lowest BCUT2D eigenvalue weighted by atomic mass is 9.91. The zero-order chi connectivity index (χ0) is 11.8. The second-order valence-corrected chi connectivity index (χ2v) is 7.92. The van der Waals surface area contributed by atoms with Crippen molar-refractivity contribution < 1.29 is 0 Å². The Kier molecular flexibility index (Phi) is 3.46. The highest BCUT2D eigenvalue weighted by Gasteiger charge is 2.38. The lowest BCUT2D eigenvalue weighted by molar-refractivity contribution is 0.454. The van der Waals surface area contributed by atoms with Crippen LogP contribution in [0.2, 0.25) is 0 Å². The maximum absolute atomic E-state index is 6.05.